The number of aromatic nitrogens is 2. The predicted octanol–water partition coefficient (Wildman–Crippen LogP) is 4.18. The molecular formula is C22H18Cl2N4O3. The van der Waals surface area contributed by atoms with Crippen LogP contribution in [0.15, 0.2) is 47.3 Å². The number of amides is 1. The lowest BCUT2D eigenvalue weighted by Crippen LogP contribution is -2.40. The summed E-state index contributed by atoms with van der Waals surface area (Å²) in [5.74, 6) is -0.317. The number of imidazole rings is 1. The van der Waals surface area contributed by atoms with Gasteiger partial charge >= 0.3 is 5.69 Å². The van der Waals surface area contributed by atoms with Crippen LogP contribution in [0.5, 0.6) is 5.88 Å². The first kappa shape index (κ1) is 21.0. The molecule has 2 heterocycles. The number of fused-ring (bicyclic) bond motifs is 1. The summed E-state index contributed by atoms with van der Waals surface area (Å²) in [6, 6.07) is 11.4. The molecule has 3 aromatic rings. The fourth-order valence-electron chi connectivity index (χ4n) is 3.94. The second kappa shape index (κ2) is 8.14. The van der Waals surface area contributed by atoms with Crippen LogP contribution in [0.3, 0.4) is 0 Å². The zero-order valence-corrected chi connectivity index (χ0v) is 18.1. The number of benzene rings is 2. The van der Waals surface area contributed by atoms with E-state index < -0.39 is 5.69 Å². The summed E-state index contributed by atoms with van der Waals surface area (Å²) in [5, 5.41) is 11.5. The molecule has 0 saturated carbocycles. The van der Waals surface area contributed by atoms with Crippen LogP contribution in [-0.2, 0) is 24.3 Å². The van der Waals surface area contributed by atoms with Crippen molar-refractivity contribution in [3.8, 4) is 11.6 Å². The van der Waals surface area contributed by atoms with E-state index in [9.17, 15) is 14.7 Å². The summed E-state index contributed by atoms with van der Waals surface area (Å²) in [6.45, 7) is 9.14. The van der Waals surface area contributed by atoms with Gasteiger partial charge in [-0.15, -0.1) is 0 Å². The molecule has 2 aromatic carbocycles. The second-order valence-electron chi connectivity index (χ2n) is 7.41. The Balaban J connectivity index is 1.62. The summed E-state index contributed by atoms with van der Waals surface area (Å²) in [6.07, 6.45) is 0.335. The molecule has 1 amide bonds. The minimum atomic E-state index is -0.418. The van der Waals surface area contributed by atoms with Gasteiger partial charge in [0.05, 0.1) is 24.0 Å². The molecule has 0 spiro atoms. The lowest BCUT2D eigenvalue weighted by Gasteiger charge is -2.27. The zero-order valence-electron chi connectivity index (χ0n) is 16.5. The van der Waals surface area contributed by atoms with Crippen molar-refractivity contribution < 1.29 is 9.90 Å². The number of carbonyl (C=O) groups is 1. The first-order chi connectivity index (χ1) is 14.8. The number of rotatable bonds is 4. The third kappa shape index (κ3) is 3.92. The molecule has 9 heteroatoms. The molecule has 1 aliphatic heterocycles. The number of hydrogen-bond acceptors (Lipinski definition) is 3. The Bertz CT molecular complexity index is 1250. The third-order valence-electron chi connectivity index (χ3n) is 5.41. The van der Waals surface area contributed by atoms with Crippen molar-refractivity contribution in [1.29, 1.82) is 0 Å². The Kier molecular flexibility index (Phi) is 5.52. The summed E-state index contributed by atoms with van der Waals surface area (Å²) in [7, 11) is 0. The molecule has 7 nitrogen and oxygen atoms in total. The van der Waals surface area contributed by atoms with Crippen LogP contribution in [0.2, 0.25) is 10.0 Å². The van der Waals surface area contributed by atoms with E-state index in [4.69, 9.17) is 29.8 Å². The third-order valence-corrected chi connectivity index (χ3v) is 5.85. The van der Waals surface area contributed by atoms with Crippen LogP contribution in [0.4, 0.5) is 5.69 Å². The molecule has 0 unspecified atom stereocenters. The van der Waals surface area contributed by atoms with Crippen molar-refractivity contribution in [2.75, 3.05) is 0 Å². The normalized spacial score (nSPS) is 14.8. The van der Waals surface area contributed by atoms with Gasteiger partial charge in [-0.1, -0.05) is 47.5 Å². The van der Waals surface area contributed by atoms with Gasteiger partial charge in [-0.2, -0.15) is 0 Å². The van der Waals surface area contributed by atoms with Gasteiger partial charge < -0.3 is 10.0 Å². The molecule has 1 aliphatic rings. The first-order valence-corrected chi connectivity index (χ1v) is 10.3. The van der Waals surface area contributed by atoms with Gasteiger partial charge in [0.15, 0.2) is 5.69 Å². The molecule has 0 aliphatic carbocycles. The lowest BCUT2D eigenvalue weighted by molar-refractivity contribution is -0.131. The quantitative estimate of drug-likeness (QED) is 0.598. The molecule has 0 fully saturated rings. The summed E-state index contributed by atoms with van der Waals surface area (Å²) < 4.78 is 2.65. The van der Waals surface area contributed by atoms with Gasteiger partial charge in [0.25, 0.3) is 0 Å². The number of hydrogen-bond donors (Lipinski definition) is 1. The molecule has 1 N–H and O–H groups in total. The average Bonchev–Trinajstić information content (AvgIpc) is 3.25. The van der Waals surface area contributed by atoms with Crippen LogP contribution in [0, 0.1) is 6.57 Å². The Morgan fingerprint density at radius 3 is 2.42 bits per heavy atom. The Labute approximate surface area is 188 Å². The van der Waals surface area contributed by atoms with Gasteiger partial charge in [-0.3, -0.25) is 9.36 Å². The predicted molar refractivity (Wildman–Crippen MR) is 118 cm³/mol. The van der Waals surface area contributed by atoms with E-state index in [0.717, 1.165) is 5.56 Å². The summed E-state index contributed by atoms with van der Waals surface area (Å²) in [4.78, 5) is 30.4. The van der Waals surface area contributed by atoms with Crippen molar-refractivity contribution in [2.24, 2.45) is 0 Å². The van der Waals surface area contributed by atoms with Gasteiger partial charge in [0.2, 0.25) is 11.8 Å². The monoisotopic (exact) mass is 456 g/mol. The van der Waals surface area contributed by atoms with Gasteiger partial charge in [0.1, 0.15) is 0 Å². The fourth-order valence-corrected chi connectivity index (χ4v) is 4.46. The Morgan fingerprint density at radius 2 is 1.87 bits per heavy atom. The van der Waals surface area contributed by atoms with Gasteiger partial charge in [-0.05, 0) is 23.8 Å². The van der Waals surface area contributed by atoms with E-state index in [1.54, 1.807) is 35.2 Å². The van der Waals surface area contributed by atoms with E-state index >= 15 is 0 Å². The zero-order chi connectivity index (χ0) is 22.3. The smallest absolute Gasteiger partial charge is 0.336 e. The first-order valence-electron chi connectivity index (χ1n) is 9.52. The van der Waals surface area contributed by atoms with E-state index in [-0.39, 0.29) is 24.4 Å². The number of carbonyl (C=O) groups excluding carboxylic acids is 1. The van der Waals surface area contributed by atoms with Crippen LogP contribution < -0.4 is 5.69 Å². The van der Waals surface area contributed by atoms with Crippen molar-refractivity contribution in [2.45, 2.75) is 32.5 Å². The van der Waals surface area contributed by atoms with Crippen molar-refractivity contribution in [3.63, 3.8) is 0 Å². The highest BCUT2D eigenvalue weighted by atomic mass is 35.5. The molecule has 1 aromatic heterocycles. The lowest BCUT2D eigenvalue weighted by atomic mass is 10.1. The van der Waals surface area contributed by atoms with Crippen molar-refractivity contribution >= 4 is 34.8 Å². The van der Waals surface area contributed by atoms with Gasteiger partial charge in [0, 0.05) is 36.5 Å². The van der Waals surface area contributed by atoms with Crippen molar-refractivity contribution in [1.82, 2.24) is 14.0 Å². The van der Waals surface area contributed by atoms with E-state index in [0.29, 0.717) is 40.1 Å². The number of aromatic hydroxyl groups is 1. The maximum atomic E-state index is 13.0. The van der Waals surface area contributed by atoms with Crippen molar-refractivity contribution in [3.05, 3.63) is 85.7 Å². The van der Waals surface area contributed by atoms with Crippen LogP contribution in [0.1, 0.15) is 18.2 Å². The topological polar surface area (TPSA) is 71.8 Å². The summed E-state index contributed by atoms with van der Waals surface area (Å²) >= 11 is 12.1. The van der Waals surface area contributed by atoms with Crippen LogP contribution >= 0.6 is 23.2 Å². The van der Waals surface area contributed by atoms with E-state index in [2.05, 4.69) is 4.85 Å². The average molecular weight is 457 g/mol. The highest BCUT2D eigenvalue weighted by Crippen LogP contribution is 2.31. The number of halogens is 2. The highest BCUT2D eigenvalue weighted by Gasteiger charge is 2.34. The maximum Gasteiger partial charge on any atom is 0.336 e. The summed E-state index contributed by atoms with van der Waals surface area (Å²) in [5.41, 5.74) is 1.83. The molecule has 158 valence electrons. The minimum absolute atomic E-state index is 0.133. The standard InChI is InChI=1S/C22H18Cl2N4O3/c1-13(29)26(11-14-3-5-17(25-2)6-4-14)19-10-20-21(30)28(22(31)27(20)12-19)18-8-15(23)7-16(24)9-18/h3-9,19,30H,10-12H2,1H3/t19-/m0/s1. The largest absolute Gasteiger partial charge is 0.493 e. The van der Waals surface area contributed by atoms with E-state index in [1.165, 1.54) is 16.1 Å². The molecule has 0 bridgehead atoms. The Morgan fingerprint density at radius 1 is 1.23 bits per heavy atom. The molecular weight excluding hydrogens is 439 g/mol. The fraction of sp³-hybridized carbons (Fsp3) is 0.227. The van der Waals surface area contributed by atoms with E-state index in [1.807, 2.05) is 12.1 Å². The van der Waals surface area contributed by atoms with Gasteiger partial charge in [-0.25, -0.2) is 14.2 Å². The SMILES string of the molecule is [C-]#[N+]c1ccc(CN(C(C)=O)[C@H]2Cc3c(O)n(-c4cc(Cl)cc(Cl)c4)c(=O)n3C2)cc1. The number of nitrogens with zero attached hydrogens (tertiary/aromatic N) is 4. The molecule has 0 radical (unpaired) electrons. The highest BCUT2D eigenvalue weighted by molar-refractivity contribution is 6.34. The minimum Gasteiger partial charge on any atom is -0.493 e. The molecule has 4 rings (SSSR count). The molecule has 31 heavy (non-hydrogen) atoms. The Hall–Kier alpha value is -3.21. The molecule has 1 atom stereocenters. The molecule has 0 saturated heterocycles. The van der Waals surface area contributed by atoms with Crippen LogP contribution in [0.25, 0.3) is 10.5 Å². The maximum absolute atomic E-state index is 13.0. The second-order valence-corrected chi connectivity index (χ2v) is 8.28. The van der Waals surface area contributed by atoms with Crippen LogP contribution in [-0.4, -0.2) is 31.1 Å².